The Kier molecular flexibility index (Phi) is 19.9. The van der Waals surface area contributed by atoms with Crippen LogP contribution in [0.15, 0.2) is 33.5 Å². The molecule has 0 spiro atoms. The molecule has 22 heteroatoms. The zero-order valence-corrected chi connectivity index (χ0v) is 31.8. The van der Waals surface area contributed by atoms with E-state index < -0.39 is 83.3 Å². The molecule has 19 nitrogen and oxygen atoms in total. The van der Waals surface area contributed by atoms with Crippen molar-refractivity contribution in [1.82, 2.24) is 21.3 Å². The van der Waals surface area contributed by atoms with E-state index in [1.807, 2.05) is 13.8 Å². The van der Waals surface area contributed by atoms with Crippen LogP contribution in [0.3, 0.4) is 0 Å². The molecule has 0 aliphatic heterocycles. The summed E-state index contributed by atoms with van der Waals surface area (Å²) in [5.41, 5.74) is 14.3. The average Bonchev–Trinajstić information content (AvgIpc) is 3.07. The van der Waals surface area contributed by atoms with E-state index in [0.29, 0.717) is 30.3 Å². The van der Waals surface area contributed by atoms with E-state index in [0.717, 1.165) is 6.07 Å². The van der Waals surface area contributed by atoms with E-state index in [2.05, 4.69) is 32.3 Å². The first-order valence-electron chi connectivity index (χ1n) is 17.6. The normalized spacial score (nSPS) is 13.1. The van der Waals surface area contributed by atoms with Crippen LogP contribution in [0.1, 0.15) is 71.8 Å². The van der Waals surface area contributed by atoms with Gasteiger partial charge in [0.05, 0.1) is 13.0 Å². The molecule has 7 amide bonds. The summed E-state index contributed by atoms with van der Waals surface area (Å²) in [6, 6.07) is 1.18. The Morgan fingerprint density at radius 3 is 1.89 bits per heavy atom. The third kappa shape index (κ3) is 18.4. The lowest BCUT2D eigenvalue weighted by atomic mass is 10.0. The fourth-order valence-electron chi connectivity index (χ4n) is 5.14. The average molecular weight is 815 g/mol. The van der Waals surface area contributed by atoms with Crippen molar-refractivity contribution in [3.05, 3.63) is 40.2 Å². The molecule has 12 N–H and O–H groups in total. The minimum absolute atomic E-state index is 0.0762. The number of carboxylic acid groups (broad SMARTS) is 1. The number of aliphatic carboxylic acids is 1. The van der Waals surface area contributed by atoms with Crippen molar-refractivity contribution in [1.29, 1.82) is 0 Å². The van der Waals surface area contributed by atoms with Gasteiger partial charge in [0.25, 0.3) is 0 Å². The highest BCUT2D eigenvalue weighted by Crippen LogP contribution is 2.22. The van der Waals surface area contributed by atoms with Crippen molar-refractivity contribution in [2.45, 2.75) is 103 Å². The molecule has 1 heterocycles. The Balaban J connectivity index is 0.00000211. The fourth-order valence-corrected chi connectivity index (χ4v) is 5.14. The number of alkyl halides is 3. The second kappa shape index (κ2) is 23.1. The highest BCUT2D eigenvalue weighted by atomic mass is 19.4. The standard InChI is InChI=1S/C33H48N8O9.C2HF3O2/c1-17(2)13-25(41-32(48)23(7-5-6-12-34)39-30(46)18(3)37-19(4)42)33(49)40-24(10-11-27(35)43)31(47)38-21-8-9-22-20(14-28(36)44)15-29(45)50-26(22)16-21;3-2(4,5)1(6)7/h8-9,15-18,23-25H,5-7,10-14,34H2,1-4H3,(H2,35,43)(H2,36,44)(H,37,42)(H,38,47)(H,39,46)(H,40,49)(H,41,48);(H,6,7)/t18-,23-,24-,25-;/m0./s1. The van der Waals surface area contributed by atoms with Crippen LogP contribution in [0.25, 0.3) is 11.0 Å². The Labute approximate surface area is 324 Å². The largest absolute Gasteiger partial charge is 0.542 e. The maximum atomic E-state index is 13.6. The zero-order valence-electron chi connectivity index (χ0n) is 31.8. The number of carboxylic acids is 1. The fraction of sp³-hybridized carbons (Fsp3) is 0.514. The van der Waals surface area contributed by atoms with Crippen LogP contribution in [0.4, 0.5) is 18.9 Å². The predicted molar refractivity (Wildman–Crippen MR) is 194 cm³/mol. The third-order valence-electron chi connectivity index (χ3n) is 7.79. The van der Waals surface area contributed by atoms with E-state index in [1.165, 1.54) is 32.0 Å². The van der Waals surface area contributed by atoms with Crippen LogP contribution in [0.2, 0.25) is 0 Å². The van der Waals surface area contributed by atoms with Crippen molar-refractivity contribution >= 4 is 64.0 Å². The number of amides is 7. The lowest BCUT2D eigenvalue weighted by Gasteiger charge is -2.27. The molecule has 316 valence electrons. The quantitative estimate of drug-likeness (QED) is 0.0522. The second-order valence-corrected chi connectivity index (χ2v) is 13.3. The number of unbranched alkanes of at least 4 members (excludes halogenated alkanes) is 1. The molecule has 2 aromatic rings. The van der Waals surface area contributed by atoms with Gasteiger partial charge in [-0.05, 0) is 62.6 Å². The molecule has 4 atom stereocenters. The lowest BCUT2D eigenvalue weighted by molar-refractivity contribution is -0.368. The second-order valence-electron chi connectivity index (χ2n) is 13.3. The van der Waals surface area contributed by atoms with Gasteiger partial charge in [0, 0.05) is 36.6 Å². The molecule has 0 unspecified atom stereocenters. The van der Waals surface area contributed by atoms with E-state index in [4.69, 9.17) is 25.8 Å². The minimum atomic E-state index is -5.19. The number of hydrogen-bond donors (Lipinski definition) is 8. The van der Waals surface area contributed by atoms with Gasteiger partial charge < -0.3 is 58.1 Å². The lowest BCUT2D eigenvalue weighted by Crippen LogP contribution is -2.58. The van der Waals surface area contributed by atoms with Gasteiger partial charge in [-0.2, -0.15) is 13.2 Å². The van der Waals surface area contributed by atoms with Crippen LogP contribution in [-0.4, -0.2) is 84.2 Å². The summed E-state index contributed by atoms with van der Waals surface area (Å²) in [6.45, 7) is 7.02. The van der Waals surface area contributed by atoms with Crippen molar-refractivity contribution in [2.24, 2.45) is 17.4 Å². The summed E-state index contributed by atoms with van der Waals surface area (Å²) in [7, 11) is 0. The first kappa shape index (κ1) is 49.0. The highest BCUT2D eigenvalue weighted by molar-refractivity contribution is 6.00. The van der Waals surface area contributed by atoms with Gasteiger partial charge in [-0.1, -0.05) is 13.8 Å². The first-order chi connectivity index (χ1) is 26.4. The molecule has 0 radical (unpaired) electrons. The summed E-state index contributed by atoms with van der Waals surface area (Å²) in [5, 5.41) is 22.3. The van der Waals surface area contributed by atoms with Gasteiger partial charge in [-0.15, -0.1) is 0 Å². The molecule has 1 aromatic carbocycles. The minimum Gasteiger partial charge on any atom is -0.542 e. The molecule has 0 saturated heterocycles. The monoisotopic (exact) mass is 814 g/mol. The zero-order chi connectivity index (χ0) is 43.6. The summed E-state index contributed by atoms with van der Waals surface area (Å²) in [4.78, 5) is 109. The van der Waals surface area contributed by atoms with Gasteiger partial charge in [0.2, 0.25) is 41.4 Å². The molecule has 0 saturated carbocycles. The number of halogens is 3. The van der Waals surface area contributed by atoms with Crippen molar-refractivity contribution < 1.29 is 66.8 Å². The smallest absolute Gasteiger partial charge is 0.430 e. The topological polar surface area (TPSA) is 330 Å². The predicted octanol–water partition coefficient (Wildman–Crippen LogP) is -2.24. The molecule has 0 bridgehead atoms. The van der Waals surface area contributed by atoms with Gasteiger partial charge in [-0.3, -0.25) is 33.6 Å². The number of carbonyl (C=O) groups is 8. The Bertz CT molecular complexity index is 1830. The number of nitrogens with one attached hydrogen (secondary N) is 5. The van der Waals surface area contributed by atoms with Crippen molar-refractivity contribution in [3.8, 4) is 0 Å². The number of primary amides is 2. The van der Waals surface area contributed by atoms with Crippen LogP contribution in [0, 0.1) is 5.92 Å². The summed E-state index contributed by atoms with van der Waals surface area (Å²) >= 11 is 0. The van der Waals surface area contributed by atoms with Crippen LogP contribution < -0.4 is 54.5 Å². The van der Waals surface area contributed by atoms with E-state index in [-0.39, 0.29) is 49.3 Å². The number of fused-ring (bicyclic) bond motifs is 1. The Morgan fingerprint density at radius 1 is 0.807 bits per heavy atom. The van der Waals surface area contributed by atoms with Crippen molar-refractivity contribution in [3.63, 3.8) is 0 Å². The van der Waals surface area contributed by atoms with Gasteiger partial charge >= 0.3 is 11.8 Å². The number of rotatable bonds is 20. The summed E-state index contributed by atoms with van der Waals surface area (Å²) in [6.07, 6.45) is -4.18. The molecule has 2 rings (SSSR count). The number of nitrogens with two attached hydrogens (primary N) is 2. The molecule has 0 aliphatic carbocycles. The van der Waals surface area contributed by atoms with E-state index in [1.54, 1.807) is 0 Å². The van der Waals surface area contributed by atoms with Crippen LogP contribution in [0.5, 0.6) is 0 Å². The van der Waals surface area contributed by atoms with Crippen LogP contribution >= 0.6 is 0 Å². The molecule has 1 aromatic heterocycles. The van der Waals surface area contributed by atoms with Gasteiger partial charge in [0.15, 0.2) is 0 Å². The van der Waals surface area contributed by atoms with Crippen LogP contribution in [-0.2, 0) is 44.8 Å². The Morgan fingerprint density at radius 2 is 1.37 bits per heavy atom. The third-order valence-corrected chi connectivity index (χ3v) is 7.79. The molecule has 57 heavy (non-hydrogen) atoms. The van der Waals surface area contributed by atoms with E-state index in [9.17, 15) is 51.5 Å². The number of benzene rings is 1. The molecular formula is C35H49F3N8O11. The first-order valence-corrected chi connectivity index (χ1v) is 17.6. The summed E-state index contributed by atoms with van der Waals surface area (Å²) < 4.78 is 36.8. The van der Waals surface area contributed by atoms with Crippen molar-refractivity contribution in [2.75, 3.05) is 11.9 Å². The van der Waals surface area contributed by atoms with Gasteiger partial charge in [0.1, 0.15) is 35.7 Å². The molecule has 0 aliphatic rings. The highest BCUT2D eigenvalue weighted by Gasteiger charge is 2.31. The Hall–Kier alpha value is -6.06. The van der Waals surface area contributed by atoms with E-state index >= 15 is 0 Å². The SMILES string of the molecule is CC(=O)N[C@@H](C)C(=O)N[C@@H](CCCC[NH3+])C(=O)N[C@@H](CC(C)C)C(=O)N[C@@H](CCC(N)=O)C(=O)Nc1ccc2c(CC(N)=O)cc(=O)oc2c1.O=C([O-])C(F)(F)F. The number of carbonyl (C=O) groups excluding carboxylic acids is 8. The summed E-state index contributed by atoms with van der Waals surface area (Å²) in [5.74, 6) is -7.54. The maximum absolute atomic E-state index is 13.6. The maximum Gasteiger partial charge on any atom is 0.430 e. The molecular weight excluding hydrogens is 765 g/mol. The number of hydrogen-bond acceptors (Lipinski definition) is 11. The van der Waals surface area contributed by atoms with Gasteiger partial charge in [-0.25, -0.2) is 4.79 Å². The number of quaternary nitrogens is 1. The molecule has 0 fully saturated rings. The number of anilines is 1.